The molecule has 0 saturated carbocycles. The van der Waals surface area contributed by atoms with Crippen molar-refractivity contribution in [2.24, 2.45) is 0 Å². The molecular weight excluding hydrogens is 407 g/mol. The molecular formula is C20H15Cl3N2O2. The Morgan fingerprint density at radius 2 is 1.81 bits per heavy atom. The predicted molar refractivity (Wildman–Crippen MR) is 109 cm³/mol. The van der Waals surface area contributed by atoms with E-state index >= 15 is 0 Å². The minimum atomic E-state index is -0.302. The number of pyridine rings is 1. The number of aromatic nitrogens is 1. The van der Waals surface area contributed by atoms with Crippen molar-refractivity contribution in [1.82, 2.24) is 4.98 Å². The van der Waals surface area contributed by atoms with Gasteiger partial charge in [0.25, 0.3) is 5.91 Å². The monoisotopic (exact) mass is 420 g/mol. The number of benzene rings is 2. The molecule has 0 unspecified atom stereocenters. The van der Waals surface area contributed by atoms with Crippen LogP contribution in [-0.2, 0) is 6.61 Å². The molecule has 0 atom stereocenters. The smallest absolute Gasteiger partial charge is 0.257 e. The van der Waals surface area contributed by atoms with E-state index in [4.69, 9.17) is 39.5 Å². The molecule has 0 saturated heterocycles. The predicted octanol–water partition coefficient (Wildman–Crippen LogP) is 6.18. The number of nitrogens with zero attached hydrogens (tertiary/aromatic N) is 1. The van der Waals surface area contributed by atoms with Crippen LogP contribution < -0.4 is 10.1 Å². The fourth-order valence-corrected chi connectivity index (χ4v) is 2.92. The number of hydrogen-bond acceptors (Lipinski definition) is 3. The molecule has 0 bridgehead atoms. The third-order valence-corrected chi connectivity index (χ3v) is 4.62. The van der Waals surface area contributed by atoms with Crippen LogP contribution in [0.5, 0.6) is 5.75 Å². The van der Waals surface area contributed by atoms with Crippen LogP contribution in [0.15, 0.2) is 54.7 Å². The van der Waals surface area contributed by atoms with E-state index in [9.17, 15) is 4.79 Å². The normalized spacial score (nSPS) is 10.5. The van der Waals surface area contributed by atoms with Crippen LogP contribution in [0.3, 0.4) is 0 Å². The van der Waals surface area contributed by atoms with E-state index in [1.165, 1.54) is 0 Å². The summed E-state index contributed by atoms with van der Waals surface area (Å²) in [6.07, 6.45) is 1.60. The highest BCUT2D eigenvalue weighted by Gasteiger charge is 2.15. The number of halogens is 3. The molecule has 0 aliphatic rings. The summed E-state index contributed by atoms with van der Waals surface area (Å²) in [5.41, 5.74) is 2.42. The molecule has 7 heteroatoms. The van der Waals surface area contributed by atoms with Gasteiger partial charge in [-0.1, -0.05) is 40.9 Å². The summed E-state index contributed by atoms with van der Waals surface area (Å²) in [5.74, 6) is 0.121. The number of amides is 1. The standard InChI is InChI=1S/C20H15Cl3N2O2/c1-12-4-5-13(21)9-17(12)25-20(26)15-3-2-8-24-18(15)11-27-19-10-14(22)6-7-16(19)23/h2-10H,11H2,1H3,(H,25,26). The minimum absolute atomic E-state index is 0.0676. The molecule has 1 heterocycles. The van der Waals surface area contributed by atoms with E-state index in [0.717, 1.165) is 5.56 Å². The zero-order chi connectivity index (χ0) is 19.4. The highest BCUT2D eigenvalue weighted by Crippen LogP contribution is 2.28. The molecule has 1 N–H and O–H groups in total. The van der Waals surface area contributed by atoms with E-state index in [-0.39, 0.29) is 12.5 Å². The Kier molecular flexibility index (Phi) is 6.22. The number of anilines is 1. The third-order valence-electron chi connectivity index (χ3n) is 3.84. The number of ether oxygens (including phenoxy) is 1. The van der Waals surface area contributed by atoms with Crippen LogP contribution >= 0.6 is 34.8 Å². The van der Waals surface area contributed by atoms with Crippen molar-refractivity contribution in [1.29, 1.82) is 0 Å². The maximum atomic E-state index is 12.7. The lowest BCUT2D eigenvalue weighted by atomic mass is 10.1. The Balaban J connectivity index is 1.80. The van der Waals surface area contributed by atoms with Gasteiger partial charge in [-0.2, -0.15) is 0 Å². The fourth-order valence-electron chi connectivity index (χ4n) is 2.41. The van der Waals surface area contributed by atoms with Crippen LogP contribution in [0.2, 0.25) is 15.1 Å². The average Bonchev–Trinajstić information content (AvgIpc) is 2.65. The number of aryl methyl sites for hydroxylation is 1. The molecule has 0 radical (unpaired) electrons. The topological polar surface area (TPSA) is 51.2 Å². The molecule has 0 fully saturated rings. The molecule has 1 aromatic heterocycles. The van der Waals surface area contributed by atoms with Crippen molar-refractivity contribution >= 4 is 46.4 Å². The van der Waals surface area contributed by atoms with Gasteiger partial charge < -0.3 is 10.1 Å². The van der Waals surface area contributed by atoms with Gasteiger partial charge in [-0.15, -0.1) is 0 Å². The Bertz CT molecular complexity index is 993. The Morgan fingerprint density at radius 3 is 2.63 bits per heavy atom. The highest BCUT2D eigenvalue weighted by molar-refractivity contribution is 6.34. The molecule has 138 valence electrons. The second-order valence-electron chi connectivity index (χ2n) is 5.77. The van der Waals surface area contributed by atoms with Crippen molar-refractivity contribution in [2.45, 2.75) is 13.5 Å². The quantitative estimate of drug-likeness (QED) is 0.535. The summed E-state index contributed by atoms with van der Waals surface area (Å²) in [6.45, 7) is 1.96. The van der Waals surface area contributed by atoms with E-state index in [2.05, 4.69) is 10.3 Å². The first-order valence-corrected chi connectivity index (χ1v) is 9.16. The summed E-state index contributed by atoms with van der Waals surface area (Å²) in [7, 11) is 0. The van der Waals surface area contributed by atoms with E-state index in [0.29, 0.717) is 37.8 Å². The van der Waals surface area contributed by atoms with Gasteiger partial charge in [0, 0.05) is 28.0 Å². The minimum Gasteiger partial charge on any atom is -0.486 e. The van der Waals surface area contributed by atoms with Gasteiger partial charge in [0.1, 0.15) is 12.4 Å². The van der Waals surface area contributed by atoms with E-state index in [1.54, 1.807) is 48.7 Å². The van der Waals surface area contributed by atoms with E-state index < -0.39 is 0 Å². The Hall–Kier alpha value is -2.27. The Morgan fingerprint density at radius 1 is 1.07 bits per heavy atom. The summed E-state index contributed by atoms with van der Waals surface area (Å²) in [5, 5.41) is 4.33. The van der Waals surface area contributed by atoms with Crippen molar-refractivity contribution in [2.75, 3.05) is 5.32 Å². The summed E-state index contributed by atoms with van der Waals surface area (Å²) >= 11 is 18.1. The molecule has 27 heavy (non-hydrogen) atoms. The van der Waals surface area contributed by atoms with Crippen molar-refractivity contribution in [3.8, 4) is 5.75 Å². The molecule has 1 amide bonds. The van der Waals surface area contributed by atoms with E-state index in [1.807, 2.05) is 13.0 Å². The highest BCUT2D eigenvalue weighted by atomic mass is 35.5. The van der Waals surface area contributed by atoms with Crippen LogP contribution in [0, 0.1) is 6.92 Å². The number of carbonyl (C=O) groups excluding carboxylic acids is 1. The zero-order valence-corrected chi connectivity index (χ0v) is 16.6. The van der Waals surface area contributed by atoms with Crippen LogP contribution in [0.4, 0.5) is 5.69 Å². The van der Waals surface area contributed by atoms with Gasteiger partial charge in [-0.05, 0) is 48.9 Å². The maximum absolute atomic E-state index is 12.7. The maximum Gasteiger partial charge on any atom is 0.257 e. The average molecular weight is 422 g/mol. The van der Waals surface area contributed by atoms with Crippen LogP contribution in [-0.4, -0.2) is 10.9 Å². The number of carbonyl (C=O) groups is 1. The van der Waals surface area contributed by atoms with Gasteiger partial charge in [0.15, 0.2) is 0 Å². The SMILES string of the molecule is Cc1ccc(Cl)cc1NC(=O)c1cccnc1COc1cc(Cl)ccc1Cl. The van der Waals surface area contributed by atoms with Gasteiger partial charge in [-0.3, -0.25) is 9.78 Å². The molecule has 0 aliphatic carbocycles. The second kappa shape index (κ2) is 8.61. The summed E-state index contributed by atoms with van der Waals surface area (Å²) in [4.78, 5) is 17.0. The van der Waals surface area contributed by atoms with Crippen molar-refractivity contribution in [3.05, 3.63) is 86.6 Å². The second-order valence-corrected chi connectivity index (χ2v) is 7.05. The summed E-state index contributed by atoms with van der Waals surface area (Å²) in [6, 6.07) is 13.6. The lowest BCUT2D eigenvalue weighted by Gasteiger charge is -2.13. The first kappa shape index (κ1) is 19.5. The molecule has 0 aliphatic heterocycles. The van der Waals surface area contributed by atoms with Gasteiger partial charge in [0.05, 0.1) is 16.3 Å². The molecule has 2 aromatic carbocycles. The summed E-state index contributed by atoms with van der Waals surface area (Å²) < 4.78 is 5.71. The Labute approximate surface area is 172 Å². The molecule has 3 aromatic rings. The lowest BCUT2D eigenvalue weighted by Crippen LogP contribution is -2.16. The van der Waals surface area contributed by atoms with Crippen molar-refractivity contribution < 1.29 is 9.53 Å². The van der Waals surface area contributed by atoms with Gasteiger partial charge >= 0.3 is 0 Å². The largest absolute Gasteiger partial charge is 0.486 e. The fraction of sp³-hybridized carbons (Fsp3) is 0.100. The molecule has 4 nitrogen and oxygen atoms in total. The van der Waals surface area contributed by atoms with Crippen molar-refractivity contribution in [3.63, 3.8) is 0 Å². The zero-order valence-electron chi connectivity index (χ0n) is 14.3. The van der Waals surface area contributed by atoms with Gasteiger partial charge in [-0.25, -0.2) is 0 Å². The number of rotatable bonds is 5. The van der Waals surface area contributed by atoms with Crippen LogP contribution in [0.1, 0.15) is 21.6 Å². The number of nitrogens with one attached hydrogen (secondary N) is 1. The first-order valence-electron chi connectivity index (χ1n) is 8.03. The third kappa shape index (κ3) is 4.92. The van der Waals surface area contributed by atoms with Gasteiger partial charge in [0.2, 0.25) is 0 Å². The lowest BCUT2D eigenvalue weighted by molar-refractivity contribution is 0.102. The molecule has 0 spiro atoms. The van der Waals surface area contributed by atoms with Crippen LogP contribution in [0.25, 0.3) is 0 Å². The number of hydrogen-bond donors (Lipinski definition) is 1. The first-order chi connectivity index (χ1) is 12.9. The molecule has 3 rings (SSSR count).